The average molecular weight is 428 g/mol. The van der Waals surface area contributed by atoms with Crippen LogP contribution in [0, 0.1) is 26.6 Å². The lowest BCUT2D eigenvalue weighted by Crippen LogP contribution is -2.38. The molecule has 4 rings (SSSR count). The summed E-state index contributed by atoms with van der Waals surface area (Å²) in [7, 11) is 0. The molecule has 3 aromatic rings. The zero-order chi connectivity index (χ0) is 21.6. The number of thiophene rings is 1. The van der Waals surface area contributed by atoms with Crippen LogP contribution >= 0.6 is 11.3 Å². The lowest BCUT2D eigenvalue weighted by Gasteiger charge is -2.17. The minimum atomic E-state index is -0.347. The molecular weight excluding hydrogens is 405 g/mol. The van der Waals surface area contributed by atoms with Crippen molar-refractivity contribution >= 4 is 39.1 Å². The Morgan fingerprint density at radius 2 is 2.03 bits per heavy atom. The molecule has 0 aliphatic carbocycles. The normalized spacial score (nSPS) is 16.3. The summed E-state index contributed by atoms with van der Waals surface area (Å²) in [5, 5.41) is 12.0. The van der Waals surface area contributed by atoms with E-state index in [1.54, 1.807) is 11.8 Å². The van der Waals surface area contributed by atoms with Gasteiger partial charge in [-0.2, -0.15) is 5.10 Å². The van der Waals surface area contributed by atoms with Gasteiger partial charge in [-0.15, -0.1) is 16.4 Å². The van der Waals surface area contributed by atoms with Crippen molar-refractivity contribution in [1.29, 1.82) is 0 Å². The third kappa shape index (κ3) is 3.49. The molecule has 1 saturated heterocycles. The molecule has 1 atom stereocenters. The topological polar surface area (TPSA) is 101 Å². The molecule has 1 aliphatic heterocycles. The number of nitrogens with one attached hydrogen (secondary N) is 1. The number of aromatic nitrogens is 2. The Labute approximate surface area is 177 Å². The second kappa shape index (κ2) is 7.64. The van der Waals surface area contributed by atoms with Crippen LogP contribution in [-0.4, -0.2) is 46.0 Å². The van der Waals surface area contributed by atoms with Crippen molar-refractivity contribution in [3.8, 4) is 0 Å². The highest BCUT2D eigenvalue weighted by Crippen LogP contribution is 2.36. The van der Waals surface area contributed by atoms with Crippen molar-refractivity contribution in [2.24, 2.45) is 0 Å². The fraction of sp³-hybridized carbons (Fsp3) is 0.333. The molecule has 3 N–H and O–H groups in total. The van der Waals surface area contributed by atoms with Gasteiger partial charge < -0.3 is 16.0 Å². The second-order valence-electron chi connectivity index (χ2n) is 7.61. The number of hydrogen-bond donors (Lipinski definition) is 2. The molecule has 0 saturated carbocycles. The molecule has 0 radical (unpaired) electrons. The van der Waals surface area contributed by atoms with E-state index < -0.39 is 0 Å². The number of nitrogen functional groups attached to an aromatic ring is 1. The van der Waals surface area contributed by atoms with Gasteiger partial charge in [-0.25, -0.2) is 4.39 Å². The summed E-state index contributed by atoms with van der Waals surface area (Å²) < 4.78 is 13.4. The van der Waals surface area contributed by atoms with Crippen molar-refractivity contribution in [1.82, 2.24) is 20.4 Å². The summed E-state index contributed by atoms with van der Waals surface area (Å²) in [4.78, 5) is 28.3. The summed E-state index contributed by atoms with van der Waals surface area (Å²) in [6.45, 7) is 6.30. The molecule has 1 aromatic carbocycles. The van der Waals surface area contributed by atoms with E-state index in [2.05, 4.69) is 15.5 Å². The van der Waals surface area contributed by atoms with Gasteiger partial charge in [0.15, 0.2) is 0 Å². The number of amides is 2. The van der Waals surface area contributed by atoms with Gasteiger partial charge in [0.2, 0.25) is 0 Å². The number of carbonyl (C=O) groups excluding carboxylic acids is 2. The number of halogens is 1. The number of anilines is 1. The summed E-state index contributed by atoms with van der Waals surface area (Å²) in [6.07, 6.45) is 0.639. The first-order valence-electron chi connectivity index (χ1n) is 9.64. The SMILES string of the molecule is Cc1cc(C(=O)NC2CCN(C(=O)c3sc4nnc(C)c(C)c4c3N)C2)ccc1F. The first-order chi connectivity index (χ1) is 14.3. The van der Waals surface area contributed by atoms with Gasteiger partial charge in [0, 0.05) is 30.1 Å². The Morgan fingerprint density at radius 1 is 1.27 bits per heavy atom. The number of fused-ring (bicyclic) bond motifs is 1. The van der Waals surface area contributed by atoms with Gasteiger partial charge in [-0.05, 0) is 56.5 Å². The molecule has 0 spiro atoms. The summed E-state index contributed by atoms with van der Waals surface area (Å²) in [5.74, 6) is -0.790. The van der Waals surface area contributed by atoms with Crippen molar-refractivity contribution in [3.05, 3.63) is 51.3 Å². The highest BCUT2D eigenvalue weighted by atomic mass is 32.1. The minimum absolute atomic E-state index is 0.165. The standard InChI is InChI=1S/C21H22FN5O2S/c1-10-8-13(4-5-15(10)22)19(28)24-14-6-7-27(9-14)21(29)18-17(23)16-11(2)12(3)25-26-20(16)30-18/h4-5,8,14H,6-7,9,23H2,1-3H3,(H,24,28). The van der Waals surface area contributed by atoms with Crippen LogP contribution in [0.5, 0.6) is 0 Å². The third-order valence-corrected chi connectivity index (χ3v) is 6.64. The lowest BCUT2D eigenvalue weighted by atomic mass is 10.1. The van der Waals surface area contributed by atoms with Gasteiger partial charge in [-0.3, -0.25) is 9.59 Å². The predicted octanol–water partition coefficient (Wildman–Crippen LogP) is 2.98. The fourth-order valence-corrected chi connectivity index (χ4v) is 4.73. The van der Waals surface area contributed by atoms with Crippen LogP contribution in [0.2, 0.25) is 0 Å². The van der Waals surface area contributed by atoms with E-state index in [4.69, 9.17) is 5.73 Å². The molecular formula is C21H22FN5O2S. The number of carbonyl (C=O) groups is 2. The number of nitrogens with two attached hydrogens (primary N) is 1. The van der Waals surface area contributed by atoms with E-state index in [-0.39, 0.29) is 23.7 Å². The summed E-state index contributed by atoms with van der Waals surface area (Å²) in [5.41, 5.74) is 9.25. The Balaban J connectivity index is 1.48. The van der Waals surface area contributed by atoms with E-state index in [1.165, 1.54) is 29.5 Å². The number of nitrogens with zero attached hydrogens (tertiary/aromatic N) is 3. The fourth-order valence-electron chi connectivity index (χ4n) is 3.66. The van der Waals surface area contributed by atoms with Gasteiger partial charge >= 0.3 is 0 Å². The van der Waals surface area contributed by atoms with Crippen molar-refractivity contribution in [2.75, 3.05) is 18.8 Å². The minimum Gasteiger partial charge on any atom is -0.397 e. The number of likely N-dealkylation sites (tertiary alicyclic amines) is 1. The molecule has 7 nitrogen and oxygen atoms in total. The Kier molecular flexibility index (Phi) is 5.15. The van der Waals surface area contributed by atoms with Crippen LogP contribution < -0.4 is 11.1 Å². The third-order valence-electron chi connectivity index (χ3n) is 5.56. The zero-order valence-electron chi connectivity index (χ0n) is 17.0. The van der Waals surface area contributed by atoms with Crippen LogP contribution in [0.3, 0.4) is 0 Å². The maximum atomic E-state index is 13.4. The van der Waals surface area contributed by atoms with Gasteiger partial charge in [0.05, 0.1) is 11.4 Å². The predicted molar refractivity (Wildman–Crippen MR) is 114 cm³/mol. The molecule has 2 aromatic heterocycles. The second-order valence-corrected chi connectivity index (χ2v) is 8.61. The number of aryl methyl sites for hydroxylation is 3. The zero-order valence-corrected chi connectivity index (χ0v) is 17.8. The lowest BCUT2D eigenvalue weighted by molar-refractivity contribution is 0.0788. The van der Waals surface area contributed by atoms with Crippen LogP contribution in [0.15, 0.2) is 18.2 Å². The highest BCUT2D eigenvalue weighted by Gasteiger charge is 2.31. The quantitative estimate of drug-likeness (QED) is 0.669. The average Bonchev–Trinajstić information content (AvgIpc) is 3.31. The van der Waals surface area contributed by atoms with Gasteiger partial charge in [0.25, 0.3) is 11.8 Å². The van der Waals surface area contributed by atoms with E-state index in [0.29, 0.717) is 46.0 Å². The van der Waals surface area contributed by atoms with E-state index >= 15 is 0 Å². The Bertz CT molecular complexity index is 1180. The maximum Gasteiger partial charge on any atom is 0.266 e. The monoisotopic (exact) mass is 427 g/mol. The molecule has 156 valence electrons. The first-order valence-corrected chi connectivity index (χ1v) is 10.5. The van der Waals surface area contributed by atoms with Crippen LogP contribution in [0.1, 0.15) is 43.3 Å². The Morgan fingerprint density at radius 3 is 2.77 bits per heavy atom. The first kappa shape index (κ1) is 20.2. The molecule has 9 heteroatoms. The number of rotatable bonds is 3. The number of benzene rings is 1. The van der Waals surface area contributed by atoms with Crippen LogP contribution in [-0.2, 0) is 0 Å². The summed E-state index contributed by atoms with van der Waals surface area (Å²) in [6, 6.07) is 4.09. The maximum absolute atomic E-state index is 13.4. The molecule has 1 aliphatic rings. The summed E-state index contributed by atoms with van der Waals surface area (Å²) >= 11 is 1.24. The van der Waals surface area contributed by atoms with Crippen molar-refractivity contribution < 1.29 is 14.0 Å². The smallest absolute Gasteiger partial charge is 0.266 e. The van der Waals surface area contributed by atoms with E-state index in [0.717, 1.165) is 16.6 Å². The molecule has 2 amide bonds. The van der Waals surface area contributed by atoms with E-state index in [1.807, 2.05) is 13.8 Å². The number of hydrogen-bond acceptors (Lipinski definition) is 6. The largest absolute Gasteiger partial charge is 0.397 e. The van der Waals surface area contributed by atoms with Gasteiger partial charge in [0.1, 0.15) is 15.5 Å². The Hall–Kier alpha value is -3.07. The van der Waals surface area contributed by atoms with Crippen LogP contribution in [0.25, 0.3) is 10.2 Å². The molecule has 30 heavy (non-hydrogen) atoms. The van der Waals surface area contributed by atoms with E-state index in [9.17, 15) is 14.0 Å². The van der Waals surface area contributed by atoms with Crippen LogP contribution in [0.4, 0.5) is 10.1 Å². The molecule has 0 bridgehead atoms. The molecule has 3 heterocycles. The van der Waals surface area contributed by atoms with Crippen molar-refractivity contribution in [3.63, 3.8) is 0 Å². The van der Waals surface area contributed by atoms with Crippen molar-refractivity contribution in [2.45, 2.75) is 33.2 Å². The highest BCUT2D eigenvalue weighted by molar-refractivity contribution is 7.21. The molecule has 1 unspecified atom stereocenters. The molecule has 1 fully saturated rings. The van der Waals surface area contributed by atoms with Gasteiger partial charge in [-0.1, -0.05) is 0 Å².